The molecule has 1 heterocycles. The number of rotatable bonds is 3. The molecule has 18 heavy (non-hydrogen) atoms. The van der Waals surface area contributed by atoms with Crippen molar-refractivity contribution in [1.82, 2.24) is 4.90 Å². The van der Waals surface area contributed by atoms with E-state index in [4.69, 9.17) is 4.74 Å². The van der Waals surface area contributed by atoms with E-state index in [1.807, 2.05) is 24.3 Å². The zero-order chi connectivity index (χ0) is 13.3. The summed E-state index contributed by atoms with van der Waals surface area (Å²) in [7, 11) is 1.71. The second-order valence-corrected chi connectivity index (χ2v) is 5.41. The average molecular weight is 249 g/mol. The number of para-hydroxylation sites is 1. The first-order valence-corrected chi connectivity index (χ1v) is 6.07. The van der Waals surface area contributed by atoms with Crippen LogP contribution >= 0.6 is 0 Å². The van der Waals surface area contributed by atoms with Crippen LogP contribution in [0.2, 0.25) is 0 Å². The van der Waals surface area contributed by atoms with Crippen LogP contribution < -0.4 is 4.74 Å². The lowest BCUT2D eigenvalue weighted by atomic mass is 9.99. The van der Waals surface area contributed by atoms with Crippen LogP contribution in [0.25, 0.3) is 0 Å². The molecule has 0 spiro atoms. The van der Waals surface area contributed by atoms with Crippen LogP contribution in [0.3, 0.4) is 0 Å². The molecule has 0 saturated carbocycles. The highest BCUT2D eigenvalue weighted by Crippen LogP contribution is 2.34. The third-order valence-electron chi connectivity index (χ3n) is 3.00. The van der Waals surface area contributed by atoms with E-state index in [1.54, 1.807) is 25.8 Å². The van der Waals surface area contributed by atoms with E-state index < -0.39 is 5.60 Å². The Morgan fingerprint density at radius 1 is 1.50 bits per heavy atom. The molecule has 1 atom stereocenters. The van der Waals surface area contributed by atoms with Crippen LogP contribution in [0.15, 0.2) is 24.3 Å². The number of likely N-dealkylation sites (N-methyl/N-ethyl adjacent to an activating group) is 1. The Bertz CT molecular complexity index is 451. The minimum Gasteiger partial charge on any atom is -0.492 e. The normalized spacial score (nSPS) is 18.1. The fourth-order valence-corrected chi connectivity index (χ4v) is 2.29. The SMILES string of the molecule is CN(CC(C)(C)O)C(=O)C1COc2ccccc21. The third-order valence-corrected chi connectivity index (χ3v) is 3.00. The lowest BCUT2D eigenvalue weighted by Gasteiger charge is -2.27. The smallest absolute Gasteiger partial charge is 0.233 e. The van der Waals surface area contributed by atoms with Crippen LogP contribution in [0, 0.1) is 0 Å². The van der Waals surface area contributed by atoms with Crippen molar-refractivity contribution < 1.29 is 14.6 Å². The fraction of sp³-hybridized carbons (Fsp3) is 0.500. The van der Waals surface area contributed by atoms with E-state index in [9.17, 15) is 9.90 Å². The summed E-state index contributed by atoms with van der Waals surface area (Å²) < 4.78 is 5.50. The van der Waals surface area contributed by atoms with Gasteiger partial charge in [-0.05, 0) is 19.9 Å². The van der Waals surface area contributed by atoms with E-state index in [2.05, 4.69) is 0 Å². The maximum Gasteiger partial charge on any atom is 0.233 e. The molecule has 0 saturated heterocycles. The summed E-state index contributed by atoms with van der Waals surface area (Å²) >= 11 is 0. The van der Waals surface area contributed by atoms with Gasteiger partial charge in [0.05, 0.1) is 5.60 Å². The number of benzene rings is 1. The van der Waals surface area contributed by atoms with Gasteiger partial charge in [-0.3, -0.25) is 4.79 Å². The van der Waals surface area contributed by atoms with Crippen LogP contribution in [-0.2, 0) is 4.79 Å². The summed E-state index contributed by atoms with van der Waals surface area (Å²) in [5.74, 6) is 0.517. The van der Waals surface area contributed by atoms with Crippen molar-refractivity contribution in [2.45, 2.75) is 25.4 Å². The number of carbonyl (C=O) groups is 1. The standard InChI is InChI=1S/C14H19NO3/c1-14(2,17)9-15(3)13(16)11-8-18-12-7-5-4-6-10(11)12/h4-7,11,17H,8-9H2,1-3H3. The third kappa shape index (κ3) is 2.64. The van der Waals surface area contributed by atoms with Gasteiger partial charge in [-0.15, -0.1) is 0 Å². The highest BCUT2D eigenvalue weighted by molar-refractivity contribution is 5.85. The zero-order valence-electron chi connectivity index (χ0n) is 11.0. The van der Waals surface area contributed by atoms with E-state index >= 15 is 0 Å². The Labute approximate surface area is 107 Å². The number of amides is 1. The summed E-state index contributed by atoms with van der Waals surface area (Å²) in [6.07, 6.45) is 0. The number of nitrogens with zero attached hydrogens (tertiary/aromatic N) is 1. The number of fused-ring (bicyclic) bond motifs is 1. The Hall–Kier alpha value is -1.55. The van der Waals surface area contributed by atoms with Gasteiger partial charge in [0.2, 0.25) is 5.91 Å². The molecule has 0 radical (unpaired) electrons. The van der Waals surface area contributed by atoms with Crippen molar-refractivity contribution in [3.8, 4) is 5.75 Å². The monoisotopic (exact) mass is 249 g/mol. The molecule has 0 bridgehead atoms. The molecule has 4 nitrogen and oxygen atoms in total. The molecule has 0 fully saturated rings. The Morgan fingerprint density at radius 2 is 2.17 bits per heavy atom. The molecule has 2 rings (SSSR count). The van der Waals surface area contributed by atoms with Crippen LogP contribution in [0.4, 0.5) is 0 Å². The summed E-state index contributed by atoms with van der Waals surface area (Å²) in [4.78, 5) is 13.9. The van der Waals surface area contributed by atoms with Crippen molar-refractivity contribution in [2.75, 3.05) is 20.2 Å². The Morgan fingerprint density at radius 3 is 2.83 bits per heavy atom. The van der Waals surface area contributed by atoms with Gasteiger partial charge in [-0.2, -0.15) is 0 Å². The summed E-state index contributed by atoms with van der Waals surface area (Å²) in [5, 5.41) is 9.75. The maximum absolute atomic E-state index is 12.3. The van der Waals surface area contributed by atoms with Gasteiger partial charge in [-0.1, -0.05) is 18.2 Å². The van der Waals surface area contributed by atoms with Gasteiger partial charge in [0.1, 0.15) is 18.3 Å². The van der Waals surface area contributed by atoms with Crippen molar-refractivity contribution in [3.05, 3.63) is 29.8 Å². The number of ether oxygens (including phenoxy) is 1. The first-order chi connectivity index (χ1) is 8.38. The highest BCUT2D eigenvalue weighted by Gasteiger charge is 2.33. The van der Waals surface area contributed by atoms with E-state index in [0.29, 0.717) is 13.2 Å². The zero-order valence-corrected chi connectivity index (χ0v) is 11.0. The molecule has 0 aliphatic carbocycles. The number of aliphatic hydroxyl groups is 1. The number of hydrogen-bond acceptors (Lipinski definition) is 3. The predicted molar refractivity (Wildman–Crippen MR) is 68.6 cm³/mol. The molecular weight excluding hydrogens is 230 g/mol. The van der Waals surface area contributed by atoms with Crippen molar-refractivity contribution in [3.63, 3.8) is 0 Å². The second kappa shape index (κ2) is 4.61. The van der Waals surface area contributed by atoms with Gasteiger partial charge >= 0.3 is 0 Å². The van der Waals surface area contributed by atoms with Crippen molar-refractivity contribution in [1.29, 1.82) is 0 Å². The van der Waals surface area contributed by atoms with Crippen molar-refractivity contribution in [2.24, 2.45) is 0 Å². The molecule has 98 valence electrons. The van der Waals surface area contributed by atoms with Gasteiger partial charge in [0.25, 0.3) is 0 Å². The average Bonchev–Trinajstić information content (AvgIpc) is 2.69. The van der Waals surface area contributed by atoms with Gasteiger partial charge in [-0.25, -0.2) is 0 Å². The molecular formula is C14H19NO3. The van der Waals surface area contributed by atoms with E-state index in [-0.39, 0.29) is 11.8 Å². The summed E-state index contributed by atoms with van der Waals surface area (Å²) in [6.45, 7) is 4.07. The van der Waals surface area contributed by atoms with Crippen LogP contribution in [0.5, 0.6) is 5.75 Å². The molecule has 1 aliphatic heterocycles. The highest BCUT2D eigenvalue weighted by atomic mass is 16.5. The molecule has 4 heteroatoms. The second-order valence-electron chi connectivity index (χ2n) is 5.41. The van der Waals surface area contributed by atoms with Gasteiger partial charge in [0, 0.05) is 19.2 Å². The quantitative estimate of drug-likeness (QED) is 0.880. The first kappa shape index (κ1) is 12.9. The fourth-order valence-electron chi connectivity index (χ4n) is 2.29. The predicted octanol–water partition coefficient (Wildman–Crippen LogP) is 1.39. The lowest BCUT2D eigenvalue weighted by Crippen LogP contribution is -2.42. The summed E-state index contributed by atoms with van der Waals surface area (Å²) in [5.41, 5.74) is 0.0497. The largest absolute Gasteiger partial charge is 0.492 e. The lowest BCUT2D eigenvalue weighted by molar-refractivity contribution is -0.134. The van der Waals surface area contributed by atoms with E-state index in [1.165, 1.54) is 0 Å². The molecule has 1 amide bonds. The van der Waals surface area contributed by atoms with Crippen LogP contribution in [0.1, 0.15) is 25.3 Å². The maximum atomic E-state index is 12.3. The van der Waals surface area contributed by atoms with Crippen molar-refractivity contribution >= 4 is 5.91 Å². The molecule has 1 aromatic rings. The molecule has 1 unspecified atom stereocenters. The number of hydrogen-bond donors (Lipinski definition) is 1. The topological polar surface area (TPSA) is 49.8 Å². The summed E-state index contributed by atoms with van der Waals surface area (Å²) in [6, 6.07) is 7.59. The number of carbonyl (C=O) groups excluding carboxylic acids is 1. The molecule has 0 aromatic heterocycles. The Kier molecular flexibility index (Phi) is 3.30. The minimum absolute atomic E-state index is 0.0120. The molecule has 1 aliphatic rings. The van der Waals surface area contributed by atoms with Gasteiger partial charge in [0.15, 0.2) is 0 Å². The van der Waals surface area contributed by atoms with Crippen LogP contribution in [-0.4, -0.2) is 41.7 Å². The first-order valence-electron chi connectivity index (χ1n) is 6.07. The van der Waals surface area contributed by atoms with E-state index in [0.717, 1.165) is 11.3 Å². The Balaban J connectivity index is 2.12. The molecule has 1 N–H and O–H groups in total. The van der Waals surface area contributed by atoms with Gasteiger partial charge < -0.3 is 14.7 Å². The minimum atomic E-state index is -0.886. The molecule has 1 aromatic carbocycles.